The lowest BCUT2D eigenvalue weighted by Gasteiger charge is -2.11. The van der Waals surface area contributed by atoms with Crippen molar-refractivity contribution in [1.29, 1.82) is 0 Å². The number of hydrogen-bond acceptors (Lipinski definition) is 5. The predicted molar refractivity (Wildman–Crippen MR) is 64.1 cm³/mol. The molecule has 0 aliphatic carbocycles. The summed E-state index contributed by atoms with van der Waals surface area (Å²) in [6.45, 7) is 1.82. The Morgan fingerprint density at radius 2 is 2.29 bits per heavy atom. The molecule has 6 nitrogen and oxygen atoms in total. The van der Waals surface area contributed by atoms with Crippen molar-refractivity contribution in [2.75, 3.05) is 6.26 Å². The van der Waals surface area contributed by atoms with Crippen LogP contribution in [0.15, 0.2) is 17.7 Å². The number of rotatable bonds is 4. The van der Waals surface area contributed by atoms with E-state index < -0.39 is 12.0 Å². The summed E-state index contributed by atoms with van der Waals surface area (Å²) >= 11 is 1.46. The van der Waals surface area contributed by atoms with Crippen LogP contribution < -0.4 is 0 Å². The van der Waals surface area contributed by atoms with Crippen LogP contribution in [0.5, 0.6) is 0 Å². The molecule has 17 heavy (non-hydrogen) atoms. The molecule has 0 saturated carbocycles. The van der Waals surface area contributed by atoms with Crippen molar-refractivity contribution < 1.29 is 9.90 Å². The Balaban J connectivity index is 2.60. The number of hydrogen-bond donors (Lipinski definition) is 1. The van der Waals surface area contributed by atoms with Gasteiger partial charge in [-0.1, -0.05) is 6.92 Å². The largest absolute Gasteiger partial charge is 0.480 e. The number of aliphatic carboxylic acids is 1. The standard InChI is InChI=1S/C10H12N4O2S/c1-3-6(10(15)16)14-5-13-7-8(14)11-4-12-9(7)17-2/h4-6H,3H2,1-2H3,(H,15,16). The highest BCUT2D eigenvalue weighted by Crippen LogP contribution is 2.24. The third-order valence-electron chi connectivity index (χ3n) is 2.53. The van der Waals surface area contributed by atoms with E-state index in [4.69, 9.17) is 5.11 Å². The maximum absolute atomic E-state index is 11.1. The Morgan fingerprint density at radius 3 is 2.88 bits per heavy atom. The van der Waals surface area contributed by atoms with E-state index in [2.05, 4.69) is 15.0 Å². The minimum atomic E-state index is -0.879. The van der Waals surface area contributed by atoms with E-state index in [1.807, 2.05) is 13.2 Å². The first kappa shape index (κ1) is 11.8. The second-order valence-corrected chi connectivity index (χ2v) is 4.26. The van der Waals surface area contributed by atoms with Crippen molar-refractivity contribution >= 4 is 28.9 Å². The Labute approximate surface area is 102 Å². The van der Waals surface area contributed by atoms with E-state index in [-0.39, 0.29) is 0 Å². The van der Waals surface area contributed by atoms with Crippen molar-refractivity contribution in [3.8, 4) is 0 Å². The van der Waals surface area contributed by atoms with E-state index in [1.54, 1.807) is 4.57 Å². The molecular weight excluding hydrogens is 240 g/mol. The molecule has 0 saturated heterocycles. The summed E-state index contributed by atoms with van der Waals surface area (Å²) in [6, 6.07) is -0.635. The van der Waals surface area contributed by atoms with Gasteiger partial charge >= 0.3 is 5.97 Å². The van der Waals surface area contributed by atoms with Crippen molar-refractivity contribution in [2.24, 2.45) is 0 Å². The van der Waals surface area contributed by atoms with E-state index in [0.717, 1.165) is 5.03 Å². The molecule has 0 fully saturated rings. The average molecular weight is 252 g/mol. The zero-order valence-electron chi connectivity index (χ0n) is 9.49. The van der Waals surface area contributed by atoms with Gasteiger partial charge in [0.1, 0.15) is 22.9 Å². The highest BCUT2D eigenvalue weighted by molar-refractivity contribution is 7.98. The molecule has 2 aromatic heterocycles. The number of thioether (sulfide) groups is 1. The minimum Gasteiger partial charge on any atom is -0.480 e. The first-order valence-corrected chi connectivity index (χ1v) is 6.35. The van der Waals surface area contributed by atoms with Crippen molar-refractivity contribution in [2.45, 2.75) is 24.4 Å². The molecule has 0 amide bonds. The lowest BCUT2D eigenvalue weighted by atomic mass is 10.2. The van der Waals surface area contributed by atoms with Gasteiger partial charge in [-0.15, -0.1) is 11.8 Å². The first-order chi connectivity index (χ1) is 8.19. The second-order valence-electron chi connectivity index (χ2n) is 3.47. The van der Waals surface area contributed by atoms with Crippen LogP contribution in [0.1, 0.15) is 19.4 Å². The summed E-state index contributed by atoms with van der Waals surface area (Å²) in [5.41, 5.74) is 1.22. The number of fused-ring (bicyclic) bond motifs is 1. The summed E-state index contributed by atoms with van der Waals surface area (Å²) in [5.74, 6) is -0.879. The van der Waals surface area contributed by atoms with E-state index >= 15 is 0 Å². The Morgan fingerprint density at radius 1 is 1.53 bits per heavy atom. The summed E-state index contributed by atoms with van der Waals surface area (Å²) in [4.78, 5) is 23.5. The molecule has 90 valence electrons. The summed E-state index contributed by atoms with van der Waals surface area (Å²) in [6.07, 6.45) is 5.33. The zero-order chi connectivity index (χ0) is 12.4. The lowest BCUT2D eigenvalue weighted by molar-refractivity contribution is -0.140. The number of carboxylic acid groups (broad SMARTS) is 1. The van der Waals surface area contributed by atoms with Crippen LogP contribution in [0.2, 0.25) is 0 Å². The molecule has 2 heterocycles. The molecule has 0 aliphatic rings. The summed E-state index contributed by atoms with van der Waals surface area (Å²) in [7, 11) is 0. The summed E-state index contributed by atoms with van der Waals surface area (Å²) in [5, 5.41) is 9.89. The normalized spacial score (nSPS) is 12.8. The van der Waals surface area contributed by atoms with E-state index in [0.29, 0.717) is 17.6 Å². The smallest absolute Gasteiger partial charge is 0.326 e. The van der Waals surface area contributed by atoms with Gasteiger partial charge in [-0.3, -0.25) is 0 Å². The van der Waals surface area contributed by atoms with Gasteiger partial charge in [0.25, 0.3) is 0 Å². The lowest BCUT2D eigenvalue weighted by Crippen LogP contribution is -2.17. The highest BCUT2D eigenvalue weighted by atomic mass is 32.2. The van der Waals surface area contributed by atoms with Crippen LogP contribution in [0, 0.1) is 0 Å². The van der Waals surface area contributed by atoms with Gasteiger partial charge in [0.05, 0.1) is 6.33 Å². The number of nitrogens with zero attached hydrogens (tertiary/aromatic N) is 4. The van der Waals surface area contributed by atoms with Gasteiger partial charge < -0.3 is 9.67 Å². The number of imidazole rings is 1. The highest BCUT2D eigenvalue weighted by Gasteiger charge is 2.21. The zero-order valence-corrected chi connectivity index (χ0v) is 10.3. The molecule has 0 aromatic carbocycles. The topological polar surface area (TPSA) is 80.9 Å². The second kappa shape index (κ2) is 4.70. The van der Waals surface area contributed by atoms with Gasteiger partial charge in [-0.05, 0) is 12.7 Å². The summed E-state index contributed by atoms with van der Waals surface area (Å²) < 4.78 is 1.58. The van der Waals surface area contributed by atoms with E-state index in [1.165, 1.54) is 24.4 Å². The average Bonchev–Trinajstić information content (AvgIpc) is 2.73. The van der Waals surface area contributed by atoms with Gasteiger partial charge in [0.15, 0.2) is 5.65 Å². The van der Waals surface area contributed by atoms with Gasteiger partial charge in [0.2, 0.25) is 0 Å². The number of carboxylic acids is 1. The monoisotopic (exact) mass is 252 g/mol. The molecule has 2 aromatic rings. The SMILES string of the molecule is CCC(C(=O)O)n1cnc2c(SC)ncnc21. The Kier molecular flexibility index (Phi) is 3.28. The van der Waals surface area contributed by atoms with Gasteiger partial charge in [0, 0.05) is 0 Å². The van der Waals surface area contributed by atoms with Crippen molar-refractivity contribution in [1.82, 2.24) is 19.5 Å². The van der Waals surface area contributed by atoms with Crippen LogP contribution in [-0.2, 0) is 4.79 Å². The predicted octanol–water partition coefficient (Wildman–Crippen LogP) is 1.58. The molecule has 1 atom stereocenters. The van der Waals surface area contributed by atoms with Crippen LogP contribution in [-0.4, -0.2) is 36.9 Å². The van der Waals surface area contributed by atoms with Gasteiger partial charge in [-0.25, -0.2) is 19.7 Å². The minimum absolute atomic E-state index is 0.486. The molecule has 0 bridgehead atoms. The van der Waals surface area contributed by atoms with Gasteiger partial charge in [-0.2, -0.15) is 0 Å². The Hall–Kier alpha value is -1.63. The van der Waals surface area contributed by atoms with Crippen LogP contribution in [0.4, 0.5) is 0 Å². The molecule has 0 aliphatic heterocycles. The van der Waals surface area contributed by atoms with E-state index in [9.17, 15) is 4.79 Å². The fourth-order valence-corrected chi connectivity index (χ4v) is 2.19. The van der Waals surface area contributed by atoms with Crippen molar-refractivity contribution in [3.63, 3.8) is 0 Å². The van der Waals surface area contributed by atoms with Crippen LogP contribution >= 0.6 is 11.8 Å². The molecule has 1 N–H and O–H groups in total. The maximum Gasteiger partial charge on any atom is 0.326 e. The quantitative estimate of drug-likeness (QED) is 0.657. The third kappa shape index (κ3) is 1.97. The molecular formula is C10H12N4O2S. The molecule has 1 unspecified atom stereocenters. The number of aromatic nitrogens is 4. The fraction of sp³-hybridized carbons (Fsp3) is 0.400. The first-order valence-electron chi connectivity index (χ1n) is 5.13. The van der Waals surface area contributed by atoms with Crippen LogP contribution in [0.25, 0.3) is 11.2 Å². The fourth-order valence-electron chi connectivity index (χ4n) is 1.70. The number of carbonyl (C=O) groups is 1. The van der Waals surface area contributed by atoms with Crippen LogP contribution in [0.3, 0.4) is 0 Å². The maximum atomic E-state index is 11.1. The molecule has 7 heteroatoms. The molecule has 2 rings (SSSR count). The Bertz CT molecular complexity index is 554. The molecule has 0 spiro atoms. The molecule has 0 radical (unpaired) electrons. The third-order valence-corrected chi connectivity index (χ3v) is 3.21. The van der Waals surface area contributed by atoms with Crippen molar-refractivity contribution in [3.05, 3.63) is 12.7 Å².